The van der Waals surface area contributed by atoms with E-state index in [9.17, 15) is 9.59 Å². The molecule has 1 saturated heterocycles. The number of halogens is 1. The predicted molar refractivity (Wildman–Crippen MR) is 101 cm³/mol. The number of para-hydroxylation sites is 2. The molecule has 2 heterocycles. The molecule has 1 aliphatic heterocycles. The van der Waals surface area contributed by atoms with Gasteiger partial charge in [-0.15, -0.1) is 0 Å². The van der Waals surface area contributed by atoms with Crippen molar-refractivity contribution < 1.29 is 4.79 Å². The average Bonchev–Trinajstić information content (AvgIpc) is 3.14. The van der Waals surface area contributed by atoms with Crippen LogP contribution in [0.5, 0.6) is 0 Å². The molecule has 4 rings (SSSR count). The zero-order chi connectivity index (χ0) is 18.1. The quantitative estimate of drug-likeness (QED) is 0.712. The highest BCUT2D eigenvalue weighted by atomic mass is 35.5. The maximum atomic E-state index is 13.0. The molecule has 1 amide bonds. The van der Waals surface area contributed by atoms with Crippen LogP contribution in [0, 0.1) is 0 Å². The van der Waals surface area contributed by atoms with Crippen molar-refractivity contribution in [3.8, 4) is 0 Å². The highest BCUT2D eigenvalue weighted by Crippen LogP contribution is 2.33. The molecule has 0 saturated carbocycles. The van der Waals surface area contributed by atoms with E-state index in [0.717, 1.165) is 18.4 Å². The number of rotatable bonds is 3. The Morgan fingerprint density at radius 3 is 2.88 bits per heavy atom. The lowest BCUT2D eigenvalue weighted by atomic mass is 10.0. The van der Waals surface area contributed by atoms with E-state index in [2.05, 4.69) is 4.98 Å². The van der Waals surface area contributed by atoms with Gasteiger partial charge >= 0.3 is 0 Å². The maximum absolute atomic E-state index is 13.0. The van der Waals surface area contributed by atoms with Crippen molar-refractivity contribution in [1.82, 2.24) is 14.5 Å². The van der Waals surface area contributed by atoms with Gasteiger partial charge in [-0.3, -0.25) is 14.2 Å². The van der Waals surface area contributed by atoms with Gasteiger partial charge in [0, 0.05) is 11.6 Å². The highest BCUT2D eigenvalue weighted by molar-refractivity contribution is 6.30. The molecule has 132 valence electrons. The third-order valence-electron chi connectivity index (χ3n) is 4.85. The first-order valence-electron chi connectivity index (χ1n) is 8.63. The van der Waals surface area contributed by atoms with Gasteiger partial charge in [0.1, 0.15) is 6.54 Å². The Morgan fingerprint density at radius 2 is 2.04 bits per heavy atom. The van der Waals surface area contributed by atoms with Crippen LogP contribution in [0.4, 0.5) is 0 Å². The van der Waals surface area contributed by atoms with Crippen molar-refractivity contribution >= 4 is 28.5 Å². The first-order chi connectivity index (χ1) is 12.6. The molecule has 0 spiro atoms. The Bertz CT molecular complexity index is 1030. The van der Waals surface area contributed by atoms with Crippen LogP contribution in [0.1, 0.15) is 24.4 Å². The second kappa shape index (κ2) is 6.92. The van der Waals surface area contributed by atoms with Crippen molar-refractivity contribution in [3.63, 3.8) is 0 Å². The van der Waals surface area contributed by atoms with Crippen LogP contribution < -0.4 is 5.56 Å². The summed E-state index contributed by atoms with van der Waals surface area (Å²) in [5.41, 5.74) is 2.14. The monoisotopic (exact) mass is 367 g/mol. The van der Waals surface area contributed by atoms with Crippen LogP contribution in [-0.4, -0.2) is 26.9 Å². The molecule has 0 aliphatic carbocycles. The molecule has 2 aromatic carbocycles. The van der Waals surface area contributed by atoms with Gasteiger partial charge in [0.15, 0.2) is 0 Å². The molecular weight excluding hydrogens is 350 g/mol. The lowest BCUT2D eigenvalue weighted by Gasteiger charge is -2.26. The number of nitrogens with zero attached hydrogens (tertiary/aromatic N) is 3. The van der Waals surface area contributed by atoms with E-state index in [-0.39, 0.29) is 24.1 Å². The molecule has 0 bridgehead atoms. The average molecular weight is 368 g/mol. The molecule has 6 heteroatoms. The van der Waals surface area contributed by atoms with E-state index in [1.807, 2.05) is 53.4 Å². The third kappa shape index (κ3) is 3.10. The van der Waals surface area contributed by atoms with Gasteiger partial charge in [0.05, 0.1) is 23.3 Å². The lowest BCUT2D eigenvalue weighted by molar-refractivity contribution is -0.132. The van der Waals surface area contributed by atoms with E-state index < -0.39 is 0 Å². The van der Waals surface area contributed by atoms with E-state index in [1.165, 1.54) is 10.8 Å². The summed E-state index contributed by atoms with van der Waals surface area (Å²) >= 11 is 6.11. The Kier molecular flexibility index (Phi) is 4.47. The minimum absolute atomic E-state index is 0.00463. The van der Waals surface area contributed by atoms with Crippen molar-refractivity contribution in [2.45, 2.75) is 25.4 Å². The number of hydrogen-bond acceptors (Lipinski definition) is 3. The summed E-state index contributed by atoms with van der Waals surface area (Å²) < 4.78 is 1.50. The van der Waals surface area contributed by atoms with Crippen molar-refractivity contribution in [2.24, 2.45) is 0 Å². The molecule has 3 aromatic rings. The molecule has 1 unspecified atom stereocenters. The fraction of sp³-hybridized carbons (Fsp3) is 0.250. The Morgan fingerprint density at radius 1 is 1.19 bits per heavy atom. The van der Waals surface area contributed by atoms with E-state index >= 15 is 0 Å². The smallest absolute Gasteiger partial charge is 0.269 e. The minimum atomic E-state index is -0.268. The summed E-state index contributed by atoms with van der Waals surface area (Å²) in [6, 6.07) is 15.0. The lowest BCUT2D eigenvalue weighted by Crippen LogP contribution is -2.36. The molecule has 1 atom stereocenters. The largest absolute Gasteiger partial charge is 0.334 e. The first kappa shape index (κ1) is 16.8. The van der Waals surface area contributed by atoms with Crippen LogP contribution in [0.25, 0.3) is 11.0 Å². The van der Waals surface area contributed by atoms with Crippen LogP contribution in [0.3, 0.4) is 0 Å². The zero-order valence-electron chi connectivity index (χ0n) is 14.1. The molecule has 1 fully saturated rings. The second-order valence-electron chi connectivity index (χ2n) is 6.47. The van der Waals surface area contributed by atoms with Gasteiger partial charge in [0.2, 0.25) is 5.91 Å². The van der Waals surface area contributed by atoms with E-state index in [1.54, 1.807) is 0 Å². The second-order valence-corrected chi connectivity index (χ2v) is 6.91. The number of fused-ring (bicyclic) bond motifs is 1. The Hall–Kier alpha value is -2.66. The number of carbonyl (C=O) groups is 1. The highest BCUT2D eigenvalue weighted by Gasteiger charge is 2.30. The van der Waals surface area contributed by atoms with Gasteiger partial charge in [-0.25, -0.2) is 4.98 Å². The molecule has 1 aliphatic rings. The number of hydrogen-bond donors (Lipinski definition) is 0. The SMILES string of the molecule is O=C(Cn1c(=O)cnc2ccccc21)N1CCCC1c1cccc(Cl)c1. The number of benzene rings is 2. The first-order valence-corrected chi connectivity index (χ1v) is 9.01. The van der Waals surface area contributed by atoms with Gasteiger partial charge < -0.3 is 4.90 Å². The summed E-state index contributed by atoms with van der Waals surface area (Å²) in [5.74, 6) is -0.0640. The fourth-order valence-corrected chi connectivity index (χ4v) is 3.83. The summed E-state index contributed by atoms with van der Waals surface area (Å²) in [5, 5.41) is 0.665. The van der Waals surface area contributed by atoms with E-state index in [4.69, 9.17) is 11.6 Å². The maximum Gasteiger partial charge on any atom is 0.269 e. The number of amides is 1. The number of carbonyl (C=O) groups excluding carboxylic acids is 1. The standard InChI is InChI=1S/C20H18ClN3O2/c21-15-6-3-5-14(11-15)17-9-4-10-23(17)20(26)13-24-18-8-2-1-7-16(18)22-12-19(24)25/h1-3,5-8,11-12,17H,4,9-10,13H2. The van der Waals surface area contributed by atoms with Crippen LogP contribution in [0.15, 0.2) is 59.5 Å². The van der Waals surface area contributed by atoms with Gasteiger partial charge in [-0.05, 0) is 42.7 Å². The summed E-state index contributed by atoms with van der Waals surface area (Å²) in [6.07, 6.45) is 3.11. The zero-order valence-corrected chi connectivity index (χ0v) is 14.9. The minimum Gasteiger partial charge on any atom is -0.334 e. The number of aromatic nitrogens is 2. The van der Waals surface area contributed by atoms with Crippen LogP contribution in [-0.2, 0) is 11.3 Å². The Balaban J connectivity index is 1.64. The Labute approximate surface area is 155 Å². The van der Waals surface area contributed by atoms with Crippen molar-refractivity contribution in [3.05, 3.63) is 75.7 Å². The van der Waals surface area contributed by atoms with Gasteiger partial charge in [0.25, 0.3) is 5.56 Å². The third-order valence-corrected chi connectivity index (χ3v) is 5.09. The molecule has 5 nitrogen and oxygen atoms in total. The van der Waals surface area contributed by atoms with Crippen LogP contribution in [0.2, 0.25) is 5.02 Å². The predicted octanol–water partition coefficient (Wildman–Crippen LogP) is 3.41. The topological polar surface area (TPSA) is 55.2 Å². The number of likely N-dealkylation sites (tertiary alicyclic amines) is 1. The van der Waals surface area contributed by atoms with Gasteiger partial charge in [-0.2, -0.15) is 0 Å². The van der Waals surface area contributed by atoms with Crippen molar-refractivity contribution in [1.29, 1.82) is 0 Å². The fourth-order valence-electron chi connectivity index (χ4n) is 3.63. The molecular formula is C20H18ClN3O2. The van der Waals surface area contributed by atoms with E-state index in [0.29, 0.717) is 22.6 Å². The summed E-state index contributed by atoms with van der Waals surface area (Å²) in [4.78, 5) is 31.3. The summed E-state index contributed by atoms with van der Waals surface area (Å²) in [6.45, 7) is 0.701. The summed E-state index contributed by atoms with van der Waals surface area (Å²) in [7, 11) is 0. The van der Waals surface area contributed by atoms with Crippen molar-refractivity contribution in [2.75, 3.05) is 6.54 Å². The molecule has 0 N–H and O–H groups in total. The van der Waals surface area contributed by atoms with Crippen LogP contribution >= 0.6 is 11.6 Å². The van der Waals surface area contributed by atoms with Gasteiger partial charge in [-0.1, -0.05) is 35.9 Å². The molecule has 26 heavy (non-hydrogen) atoms. The normalized spacial score (nSPS) is 17.0. The molecule has 0 radical (unpaired) electrons. The molecule has 1 aromatic heterocycles.